The van der Waals surface area contributed by atoms with Crippen molar-refractivity contribution in [3.05, 3.63) is 107 Å². The zero-order valence-electron chi connectivity index (χ0n) is 18.9. The van der Waals surface area contributed by atoms with Gasteiger partial charge in [0.2, 0.25) is 0 Å². The van der Waals surface area contributed by atoms with E-state index in [1.165, 1.54) is 0 Å². The van der Waals surface area contributed by atoms with Gasteiger partial charge >= 0.3 is 18.1 Å². The summed E-state index contributed by atoms with van der Waals surface area (Å²) in [7, 11) is 0. The van der Waals surface area contributed by atoms with Crippen LogP contribution in [0.5, 0.6) is 0 Å². The van der Waals surface area contributed by atoms with Gasteiger partial charge in [-0.25, -0.2) is 4.79 Å². The minimum atomic E-state index is -4.62. The predicted molar refractivity (Wildman–Crippen MR) is 123 cm³/mol. The summed E-state index contributed by atoms with van der Waals surface area (Å²) in [5.74, 6) is -4.79. The second-order valence-electron chi connectivity index (χ2n) is 8.75. The number of carboxylic acid groups (broad SMARTS) is 2. The maximum atomic E-state index is 13.9. The Morgan fingerprint density at radius 3 is 1.92 bits per heavy atom. The molecule has 1 aliphatic rings. The maximum absolute atomic E-state index is 13.9. The lowest BCUT2D eigenvalue weighted by atomic mass is 9.84. The average molecular weight is 497 g/mol. The van der Waals surface area contributed by atoms with Crippen LogP contribution in [-0.2, 0) is 22.2 Å². The SMILES string of the molecule is O=C(O)C1CC(Cc2ccccc2)(C(=O)O)N(C(=O)c2ccc(C(F)(F)F)cc2)C1c1ccccc1. The number of nitrogens with zero attached hydrogens (tertiary/aromatic N) is 1. The number of halogens is 3. The summed E-state index contributed by atoms with van der Waals surface area (Å²) in [5.41, 5.74) is -2.10. The Morgan fingerprint density at radius 2 is 1.42 bits per heavy atom. The number of amides is 1. The number of carbonyl (C=O) groups excluding carboxylic acids is 1. The van der Waals surface area contributed by atoms with E-state index in [-0.39, 0.29) is 18.4 Å². The van der Waals surface area contributed by atoms with E-state index in [2.05, 4.69) is 0 Å². The molecule has 0 spiro atoms. The van der Waals surface area contributed by atoms with E-state index in [4.69, 9.17) is 0 Å². The summed E-state index contributed by atoms with van der Waals surface area (Å²) in [6.45, 7) is 0. The molecule has 0 radical (unpaired) electrons. The first-order valence-electron chi connectivity index (χ1n) is 11.1. The predicted octanol–water partition coefficient (Wildman–Crippen LogP) is 5.06. The van der Waals surface area contributed by atoms with Gasteiger partial charge in [-0.2, -0.15) is 13.2 Å². The number of carbonyl (C=O) groups is 3. The third-order valence-corrected chi connectivity index (χ3v) is 6.55. The molecule has 6 nitrogen and oxygen atoms in total. The lowest BCUT2D eigenvalue weighted by Gasteiger charge is -2.38. The van der Waals surface area contributed by atoms with Gasteiger partial charge in [0.1, 0.15) is 5.54 Å². The monoisotopic (exact) mass is 497 g/mol. The summed E-state index contributed by atoms with van der Waals surface area (Å²) in [6.07, 6.45) is -5.17. The normalized spacial score (nSPS) is 21.8. The van der Waals surface area contributed by atoms with E-state index in [9.17, 15) is 37.8 Å². The molecular weight excluding hydrogens is 475 g/mol. The lowest BCUT2D eigenvalue weighted by molar-refractivity contribution is -0.149. The third kappa shape index (κ3) is 4.56. The largest absolute Gasteiger partial charge is 0.481 e. The fourth-order valence-corrected chi connectivity index (χ4v) is 4.89. The fraction of sp³-hybridized carbons (Fsp3) is 0.222. The molecule has 1 amide bonds. The molecule has 1 heterocycles. The van der Waals surface area contributed by atoms with Gasteiger partial charge in [-0.1, -0.05) is 60.7 Å². The highest BCUT2D eigenvalue weighted by Gasteiger charge is 2.60. The van der Waals surface area contributed by atoms with E-state index in [1.807, 2.05) is 0 Å². The molecule has 9 heteroatoms. The molecule has 0 aliphatic carbocycles. The number of benzene rings is 3. The van der Waals surface area contributed by atoms with Gasteiger partial charge in [-0.3, -0.25) is 9.59 Å². The first-order chi connectivity index (χ1) is 17.0. The summed E-state index contributed by atoms with van der Waals surface area (Å²) in [4.78, 5) is 40.1. The fourth-order valence-electron chi connectivity index (χ4n) is 4.89. The Labute approximate surface area is 204 Å². The van der Waals surface area contributed by atoms with Gasteiger partial charge in [-0.15, -0.1) is 0 Å². The van der Waals surface area contributed by atoms with Crippen molar-refractivity contribution < 1.29 is 37.8 Å². The highest BCUT2D eigenvalue weighted by Crippen LogP contribution is 2.49. The van der Waals surface area contributed by atoms with E-state index >= 15 is 0 Å². The smallest absolute Gasteiger partial charge is 0.416 e. The molecule has 1 saturated heterocycles. The molecule has 4 rings (SSSR count). The molecule has 3 aromatic rings. The molecule has 2 N–H and O–H groups in total. The summed E-state index contributed by atoms with van der Waals surface area (Å²) in [5, 5.41) is 20.5. The van der Waals surface area contributed by atoms with E-state index in [0.29, 0.717) is 11.1 Å². The number of hydrogen-bond acceptors (Lipinski definition) is 3. The van der Waals surface area contributed by atoms with Gasteiger partial charge in [-0.05, 0) is 41.8 Å². The molecule has 186 valence electrons. The molecule has 3 unspecified atom stereocenters. The van der Waals surface area contributed by atoms with Crippen molar-refractivity contribution >= 4 is 17.8 Å². The molecule has 36 heavy (non-hydrogen) atoms. The van der Waals surface area contributed by atoms with Crippen LogP contribution in [0.2, 0.25) is 0 Å². The van der Waals surface area contributed by atoms with Crippen LogP contribution >= 0.6 is 0 Å². The first-order valence-corrected chi connectivity index (χ1v) is 11.1. The highest BCUT2D eigenvalue weighted by molar-refractivity contribution is 6.00. The van der Waals surface area contributed by atoms with Crippen molar-refractivity contribution in [3.8, 4) is 0 Å². The number of likely N-dealkylation sites (tertiary alicyclic amines) is 1. The van der Waals surface area contributed by atoms with Crippen molar-refractivity contribution in [3.63, 3.8) is 0 Å². The maximum Gasteiger partial charge on any atom is 0.416 e. The van der Waals surface area contributed by atoms with Crippen LogP contribution in [0, 0.1) is 5.92 Å². The van der Waals surface area contributed by atoms with Crippen LogP contribution in [0.3, 0.4) is 0 Å². The highest BCUT2D eigenvalue weighted by atomic mass is 19.4. The second kappa shape index (κ2) is 9.49. The van der Waals surface area contributed by atoms with Crippen LogP contribution in [0.4, 0.5) is 13.2 Å². The molecule has 0 bridgehead atoms. The Bertz CT molecular complexity index is 1260. The Balaban J connectivity index is 1.89. The molecule has 1 aliphatic heterocycles. The minimum Gasteiger partial charge on any atom is -0.481 e. The van der Waals surface area contributed by atoms with E-state index in [1.54, 1.807) is 60.7 Å². The van der Waals surface area contributed by atoms with Crippen molar-refractivity contribution in [1.29, 1.82) is 0 Å². The Kier molecular flexibility index (Phi) is 6.58. The Hall–Kier alpha value is -4.14. The average Bonchev–Trinajstić information content (AvgIpc) is 3.21. The molecule has 1 fully saturated rings. The van der Waals surface area contributed by atoms with Gasteiger partial charge in [0.05, 0.1) is 17.5 Å². The van der Waals surface area contributed by atoms with E-state index in [0.717, 1.165) is 29.2 Å². The Morgan fingerprint density at radius 1 is 0.861 bits per heavy atom. The molecule has 3 aromatic carbocycles. The van der Waals surface area contributed by atoms with Gasteiger partial charge in [0.25, 0.3) is 5.91 Å². The van der Waals surface area contributed by atoms with Crippen molar-refractivity contribution in [2.24, 2.45) is 5.92 Å². The zero-order chi connectivity index (χ0) is 26.1. The van der Waals surface area contributed by atoms with Crippen LogP contribution in [0.1, 0.15) is 39.5 Å². The van der Waals surface area contributed by atoms with Gasteiger partial charge in [0, 0.05) is 12.0 Å². The standard InChI is InChI=1S/C27H22F3NO5/c28-27(29,30)20-13-11-19(12-14-20)23(32)31-22(18-9-5-2-6-10-18)21(24(33)34)16-26(31,25(35)36)15-17-7-3-1-4-8-17/h1-14,21-22H,15-16H2,(H,33,34)(H,35,36). The van der Waals surface area contributed by atoms with Crippen molar-refractivity contribution in [1.82, 2.24) is 4.90 Å². The number of rotatable bonds is 6. The number of aliphatic carboxylic acids is 2. The van der Waals surface area contributed by atoms with Crippen LogP contribution in [-0.4, -0.2) is 38.5 Å². The minimum absolute atomic E-state index is 0.173. The summed E-state index contributed by atoms with van der Waals surface area (Å²) >= 11 is 0. The third-order valence-electron chi connectivity index (χ3n) is 6.55. The zero-order valence-corrected chi connectivity index (χ0v) is 18.9. The molecular formula is C27H22F3NO5. The van der Waals surface area contributed by atoms with Crippen LogP contribution in [0.25, 0.3) is 0 Å². The van der Waals surface area contributed by atoms with E-state index < -0.39 is 47.1 Å². The molecule has 3 atom stereocenters. The van der Waals surface area contributed by atoms with Gasteiger partial charge < -0.3 is 15.1 Å². The van der Waals surface area contributed by atoms with Gasteiger partial charge in [0.15, 0.2) is 0 Å². The second-order valence-corrected chi connectivity index (χ2v) is 8.75. The lowest BCUT2D eigenvalue weighted by Crippen LogP contribution is -2.55. The van der Waals surface area contributed by atoms with Crippen LogP contribution < -0.4 is 0 Å². The van der Waals surface area contributed by atoms with Crippen molar-refractivity contribution in [2.45, 2.75) is 30.6 Å². The van der Waals surface area contributed by atoms with Crippen LogP contribution in [0.15, 0.2) is 84.9 Å². The number of carboxylic acids is 2. The first kappa shape index (κ1) is 25.0. The number of hydrogen-bond donors (Lipinski definition) is 2. The topological polar surface area (TPSA) is 94.9 Å². The molecule has 0 aromatic heterocycles. The summed E-state index contributed by atoms with van der Waals surface area (Å²) in [6, 6.07) is 19.0. The van der Waals surface area contributed by atoms with Crippen molar-refractivity contribution in [2.75, 3.05) is 0 Å². The number of alkyl halides is 3. The summed E-state index contributed by atoms with van der Waals surface area (Å²) < 4.78 is 39.2. The quantitative estimate of drug-likeness (QED) is 0.497. The molecule has 0 saturated carbocycles.